The third-order valence-electron chi connectivity index (χ3n) is 3.71. The predicted octanol–water partition coefficient (Wildman–Crippen LogP) is 3.34. The standard InChI is InChI=1S/C17H27NO3/c1-4-15(3)18(12-10-17(19)20)11-5-13-21-16-8-6-14(2)7-9-16/h6-9,15H,4-5,10-13H2,1-3H3,(H,19,20). The van der Waals surface area contributed by atoms with E-state index in [4.69, 9.17) is 9.84 Å². The fourth-order valence-corrected chi connectivity index (χ4v) is 2.14. The number of carboxylic acid groups (broad SMARTS) is 1. The quantitative estimate of drug-likeness (QED) is 0.672. The summed E-state index contributed by atoms with van der Waals surface area (Å²) in [5.41, 5.74) is 1.22. The number of aliphatic carboxylic acids is 1. The summed E-state index contributed by atoms with van der Waals surface area (Å²) >= 11 is 0. The highest BCUT2D eigenvalue weighted by Gasteiger charge is 2.13. The van der Waals surface area contributed by atoms with Crippen molar-refractivity contribution in [1.82, 2.24) is 4.90 Å². The largest absolute Gasteiger partial charge is 0.494 e. The van der Waals surface area contributed by atoms with Crippen molar-refractivity contribution in [2.45, 2.75) is 46.1 Å². The van der Waals surface area contributed by atoms with Crippen molar-refractivity contribution >= 4 is 5.97 Å². The van der Waals surface area contributed by atoms with Crippen molar-refractivity contribution in [3.8, 4) is 5.75 Å². The van der Waals surface area contributed by atoms with E-state index in [1.165, 1.54) is 5.56 Å². The minimum atomic E-state index is -0.737. The van der Waals surface area contributed by atoms with Gasteiger partial charge in [0.15, 0.2) is 0 Å². The molecule has 0 aliphatic heterocycles. The summed E-state index contributed by atoms with van der Waals surface area (Å²) in [6, 6.07) is 8.43. The molecule has 1 atom stereocenters. The van der Waals surface area contributed by atoms with E-state index in [9.17, 15) is 4.79 Å². The van der Waals surface area contributed by atoms with Gasteiger partial charge in [0.2, 0.25) is 0 Å². The Labute approximate surface area is 127 Å². The lowest BCUT2D eigenvalue weighted by atomic mass is 10.2. The van der Waals surface area contributed by atoms with Gasteiger partial charge in [-0.2, -0.15) is 0 Å². The fourth-order valence-electron chi connectivity index (χ4n) is 2.14. The van der Waals surface area contributed by atoms with Gasteiger partial charge < -0.3 is 9.84 Å². The van der Waals surface area contributed by atoms with Crippen molar-refractivity contribution in [2.24, 2.45) is 0 Å². The van der Waals surface area contributed by atoms with Crippen molar-refractivity contribution in [2.75, 3.05) is 19.7 Å². The summed E-state index contributed by atoms with van der Waals surface area (Å²) in [6.45, 7) is 8.45. The van der Waals surface area contributed by atoms with Crippen LogP contribution >= 0.6 is 0 Å². The Balaban J connectivity index is 2.31. The van der Waals surface area contributed by atoms with E-state index in [1.807, 2.05) is 24.3 Å². The molecule has 4 nitrogen and oxygen atoms in total. The van der Waals surface area contributed by atoms with Crippen LogP contribution in [-0.2, 0) is 4.79 Å². The van der Waals surface area contributed by atoms with Crippen LogP contribution in [0.1, 0.15) is 38.7 Å². The van der Waals surface area contributed by atoms with Crippen molar-refractivity contribution in [1.29, 1.82) is 0 Å². The second kappa shape index (κ2) is 9.40. The van der Waals surface area contributed by atoms with Gasteiger partial charge in [-0.15, -0.1) is 0 Å². The van der Waals surface area contributed by atoms with Crippen LogP contribution in [-0.4, -0.2) is 41.7 Å². The van der Waals surface area contributed by atoms with Crippen LogP contribution in [0, 0.1) is 6.92 Å². The lowest BCUT2D eigenvalue weighted by molar-refractivity contribution is -0.137. The van der Waals surface area contributed by atoms with Crippen LogP contribution in [0.3, 0.4) is 0 Å². The molecule has 0 bridgehead atoms. The molecule has 0 saturated carbocycles. The highest BCUT2D eigenvalue weighted by Crippen LogP contribution is 2.12. The van der Waals surface area contributed by atoms with Gasteiger partial charge in [-0.25, -0.2) is 0 Å². The van der Waals surface area contributed by atoms with E-state index >= 15 is 0 Å². The Hall–Kier alpha value is -1.55. The predicted molar refractivity (Wildman–Crippen MR) is 84.9 cm³/mol. The molecule has 0 spiro atoms. The zero-order valence-corrected chi connectivity index (χ0v) is 13.3. The summed E-state index contributed by atoms with van der Waals surface area (Å²) in [5, 5.41) is 8.81. The van der Waals surface area contributed by atoms with Gasteiger partial charge in [-0.3, -0.25) is 9.69 Å². The second-order valence-corrected chi connectivity index (χ2v) is 5.45. The Kier molecular flexibility index (Phi) is 7.83. The molecule has 0 saturated heterocycles. The SMILES string of the molecule is CCC(C)N(CCCOc1ccc(C)cc1)CCC(=O)O. The first-order valence-corrected chi connectivity index (χ1v) is 7.68. The van der Waals surface area contributed by atoms with Crippen molar-refractivity contribution in [3.05, 3.63) is 29.8 Å². The zero-order chi connectivity index (χ0) is 15.7. The minimum Gasteiger partial charge on any atom is -0.494 e. The molecule has 1 N–H and O–H groups in total. The number of rotatable bonds is 10. The van der Waals surface area contributed by atoms with E-state index in [-0.39, 0.29) is 6.42 Å². The average molecular weight is 293 g/mol. The van der Waals surface area contributed by atoms with Crippen LogP contribution in [0.25, 0.3) is 0 Å². The van der Waals surface area contributed by atoms with Crippen LogP contribution in [0.15, 0.2) is 24.3 Å². The van der Waals surface area contributed by atoms with Crippen LogP contribution in [0.5, 0.6) is 5.75 Å². The topological polar surface area (TPSA) is 49.8 Å². The van der Waals surface area contributed by atoms with Gasteiger partial charge in [0, 0.05) is 19.1 Å². The number of aryl methyl sites for hydroxylation is 1. The number of benzene rings is 1. The van der Waals surface area contributed by atoms with Gasteiger partial charge in [-0.1, -0.05) is 24.6 Å². The summed E-state index contributed by atoms with van der Waals surface area (Å²) in [7, 11) is 0. The van der Waals surface area contributed by atoms with E-state index in [0.29, 0.717) is 19.2 Å². The first kappa shape index (κ1) is 17.5. The molecule has 0 amide bonds. The summed E-state index contributed by atoms with van der Waals surface area (Å²) in [4.78, 5) is 12.9. The summed E-state index contributed by atoms with van der Waals surface area (Å²) in [6.07, 6.45) is 2.12. The first-order chi connectivity index (χ1) is 10.0. The number of hydrogen-bond acceptors (Lipinski definition) is 3. The van der Waals surface area contributed by atoms with Crippen LogP contribution in [0.4, 0.5) is 0 Å². The molecule has 0 aliphatic rings. The Morgan fingerprint density at radius 2 is 1.95 bits per heavy atom. The van der Waals surface area contributed by atoms with E-state index in [0.717, 1.165) is 25.1 Å². The lowest BCUT2D eigenvalue weighted by Gasteiger charge is -2.27. The molecule has 1 aromatic carbocycles. The first-order valence-electron chi connectivity index (χ1n) is 7.68. The van der Waals surface area contributed by atoms with Crippen molar-refractivity contribution < 1.29 is 14.6 Å². The normalized spacial score (nSPS) is 12.4. The minimum absolute atomic E-state index is 0.198. The molecule has 4 heteroatoms. The van der Waals surface area contributed by atoms with Gasteiger partial charge in [0.25, 0.3) is 0 Å². The van der Waals surface area contributed by atoms with Gasteiger partial charge in [0.05, 0.1) is 13.0 Å². The molecule has 21 heavy (non-hydrogen) atoms. The third kappa shape index (κ3) is 7.14. The average Bonchev–Trinajstić information content (AvgIpc) is 2.47. The summed E-state index contributed by atoms with van der Waals surface area (Å²) < 4.78 is 5.71. The van der Waals surface area contributed by atoms with E-state index in [2.05, 4.69) is 25.7 Å². The van der Waals surface area contributed by atoms with Gasteiger partial charge in [-0.05, 0) is 38.8 Å². The molecule has 0 aromatic heterocycles. The van der Waals surface area contributed by atoms with Gasteiger partial charge in [0.1, 0.15) is 5.75 Å². The number of carboxylic acids is 1. The molecule has 118 valence electrons. The van der Waals surface area contributed by atoms with Crippen LogP contribution in [0.2, 0.25) is 0 Å². The second-order valence-electron chi connectivity index (χ2n) is 5.45. The Bertz CT molecular complexity index is 417. The molecule has 1 aromatic rings. The van der Waals surface area contributed by atoms with Crippen molar-refractivity contribution in [3.63, 3.8) is 0 Å². The highest BCUT2D eigenvalue weighted by atomic mass is 16.5. The number of nitrogens with zero attached hydrogens (tertiary/aromatic N) is 1. The van der Waals surface area contributed by atoms with E-state index < -0.39 is 5.97 Å². The highest BCUT2D eigenvalue weighted by molar-refractivity contribution is 5.66. The van der Waals surface area contributed by atoms with Crippen LogP contribution < -0.4 is 4.74 Å². The number of hydrogen-bond donors (Lipinski definition) is 1. The fraction of sp³-hybridized carbons (Fsp3) is 0.588. The Morgan fingerprint density at radius 1 is 1.29 bits per heavy atom. The lowest BCUT2D eigenvalue weighted by Crippen LogP contribution is -2.35. The number of ether oxygens (including phenoxy) is 1. The Morgan fingerprint density at radius 3 is 2.52 bits per heavy atom. The maximum atomic E-state index is 10.7. The maximum absolute atomic E-state index is 10.7. The molecule has 1 unspecified atom stereocenters. The molecule has 0 radical (unpaired) electrons. The molecule has 0 fully saturated rings. The number of carbonyl (C=O) groups is 1. The molecule has 0 aliphatic carbocycles. The smallest absolute Gasteiger partial charge is 0.304 e. The molecular weight excluding hydrogens is 266 g/mol. The molecule has 1 rings (SSSR count). The third-order valence-corrected chi connectivity index (χ3v) is 3.71. The zero-order valence-electron chi connectivity index (χ0n) is 13.3. The monoisotopic (exact) mass is 293 g/mol. The molecule has 0 heterocycles. The van der Waals surface area contributed by atoms with Gasteiger partial charge >= 0.3 is 5.97 Å². The van der Waals surface area contributed by atoms with E-state index in [1.54, 1.807) is 0 Å². The molecular formula is C17H27NO3. The summed E-state index contributed by atoms with van der Waals surface area (Å²) in [5.74, 6) is 0.153. The maximum Gasteiger partial charge on any atom is 0.304 e.